The van der Waals surface area contributed by atoms with E-state index >= 15 is 0 Å². The molecule has 0 unspecified atom stereocenters. The van der Waals surface area contributed by atoms with Crippen LogP contribution in [0.2, 0.25) is 5.02 Å². The number of hydrogen-bond acceptors (Lipinski definition) is 3. The molecule has 0 aliphatic heterocycles. The maximum Gasteiger partial charge on any atom is 0.243 e. The van der Waals surface area contributed by atoms with Gasteiger partial charge in [-0.25, -0.2) is 8.42 Å². The van der Waals surface area contributed by atoms with Gasteiger partial charge >= 0.3 is 0 Å². The van der Waals surface area contributed by atoms with Crippen LogP contribution in [0.15, 0.2) is 23.1 Å². The summed E-state index contributed by atoms with van der Waals surface area (Å²) in [6.07, 6.45) is 0. The van der Waals surface area contributed by atoms with Gasteiger partial charge < -0.3 is 5.73 Å². The molecule has 0 spiro atoms. The van der Waals surface area contributed by atoms with Gasteiger partial charge in [-0.2, -0.15) is 4.31 Å². The van der Waals surface area contributed by atoms with E-state index in [2.05, 4.69) is 0 Å². The first-order valence-electron chi connectivity index (χ1n) is 4.76. The molecule has 1 amide bonds. The summed E-state index contributed by atoms with van der Waals surface area (Å²) in [6.45, 7) is 1.28. The summed E-state index contributed by atoms with van der Waals surface area (Å²) in [5, 5.41) is 0.457. The van der Waals surface area contributed by atoms with Crippen LogP contribution >= 0.6 is 11.6 Å². The fourth-order valence-corrected chi connectivity index (χ4v) is 2.94. The van der Waals surface area contributed by atoms with Gasteiger partial charge in [0.15, 0.2) is 0 Å². The predicted octanol–water partition coefficient (Wildman–Crippen LogP) is 0.754. The first-order chi connectivity index (χ1) is 7.75. The van der Waals surface area contributed by atoms with Crippen molar-refractivity contribution in [3.63, 3.8) is 0 Å². The van der Waals surface area contributed by atoms with E-state index in [1.807, 2.05) is 0 Å². The predicted molar refractivity (Wildman–Crippen MR) is 65.2 cm³/mol. The molecular weight excluding hydrogens is 264 g/mol. The normalized spacial score (nSPS) is 11.8. The molecule has 7 heteroatoms. The molecular formula is C10H13ClN2O3S. The zero-order chi connectivity index (χ0) is 13.2. The van der Waals surface area contributed by atoms with Crippen LogP contribution in [0.4, 0.5) is 0 Å². The molecule has 0 fully saturated rings. The summed E-state index contributed by atoms with van der Waals surface area (Å²) in [6, 6.07) is 4.44. The van der Waals surface area contributed by atoms with Gasteiger partial charge in [0, 0.05) is 12.1 Å². The minimum absolute atomic E-state index is 0.116. The first-order valence-corrected chi connectivity index (χ1v) is 6.57. The molecule has 5 nitrogen and oxygen atoms in total. The SMILES string of the molecule is Cc1cc(Cl)ccc1S(=O)(=O)N(C)CC(N)=O. The van der Waals surface area contributed by atoms with Crippen LogP contribution in [0, 0.1) is 6.92 Å². The molecule has 0 saturated carbocycles. The van der Waals surface area contributed by atoms with Crippen LogP contribution in [0.1, 0.15) is 5.56 Å². The monoisotopic (exact) mass is 276 g/mol. The minimum atomic E-state index is -3.71. The highest BCUT2D eigenvalue weighted by atomic mass is 35.5. The van der Waals surface area contributed by atoms with Gasteiger partial charge in [-0.15, -0.1) is 0 Å². The molecule has 0 aliphatic carbocycles. The standard InChI is InChI=1S/C10H13ClN2O3S/c1-7-5-8(11)3-4-9(7)17(15,16)13(2)6-10(12)14/h3-5H,6H2,1-2H3,(H2,12,14). The van der Waals surface area contributed by atoms with Crippen molar-refractivity contribution in [3.8, 4) is 0 Å². The maximum atomic E-state index is 12.1. The molecule has 0 aromatic heterocycles. The number of rotatable bonds is 4. The Morgan fingerprint density at radius 1 is 1.47 bits per heavy atom. The average molecular weight is 277 g/mol. The number of carbonyl (C=O) groups is 1. The fourth-order valence-electron chi connectivity index (χ4n) is 1.37. The lowest BCUT2D eigenvalue weighted by Crippen LogP contribution is -2.35. The summed E-state index contributed by atoms with van der Waals surface area (Å²) in [5.41, 5.74) is 5.49. The van der Waals surface area contributed by atoms with Crippen LogP contribution < -0.4 is 5.73 Å². The molecule has 1 aromatic carbocycles. The van der Waals surface area contributed by atoms with Gasteiger partial charge in [-0.3, -0.25) is 4.79 Å². The number of hydrogen-bond donors (Lipinski definition) is 1. The topological polar surface area (TPSA) is 80.5 Å². The number of likely N-dealkylation sites (N-methyl/N-ethyl adjacent to an activating group) is 1. The third kappa shape index (κ3) is 3.18. The van der Waals surface area contributed by atoms with Gasteiger partial charge in [-0.1, -0.05) is 11.6 Å². The smallest absolute Gasteiger partial charge is 0.243 e. The van der Waals surface area contributed by atoms with Gasteiger partial charge in [0.05, 0.1) is 11.4 Å². The van der Waals surface area contributed by atoms with Crippen LogP contribution in [0.3, 0.4) is 0 Å². The Labute approximate surface area is 105 Å². The Hall–Kier alpha value is -1.11. The van der Waals surface area contributed by atoms with Crippen molar-refractivity contribution in [2.75, 3.05) is 13.6 Å². The van der Waals surface area contributed by atoms with E-state index in [-0.39, 0.29) is 11.4 Å². The van der Waals surface area contributed by atoms with Crippen LogP contribution in [-0.4, -0.2) is 32.2 Å². The van der Waals surface area contributed by atoms with Gasteiger partial charge in [-0.05, 0) is 30.7 Å². The second kappa shape index (κ2) is 5.03. The summed E-state index contributed by atoms with van der Waals surface area (Å²) in [7, 11) is -2.41. The fraction of sp³-hybridized carbons (Fsp3) is 0.300. The lowest BCUT2D eigenvalue weighted by atomic mass is 10.2. The van der Waals surface area contributed by atoms with Gasteiger partial charge in [0.1, 0.15) is 0 Å². The molecule has 1 aromatic rings. The van der Waals surface area contributed by atoms with Crippen LogP contribution in [0.25, 0.3) is 0 Å². The number of nitrogens with two attached hydrogens (primary N) is 1. The lowest BCUT2D eigenvalue weighted by molar-refractivity contribution is -0.118. The van der Waals surface area contributed by atoms with E-state index in [0.29, 0.717) is 10.6 Å². The molecule has 0 radical (unpaired) electrons. The first kappa shape index (κ1) is 14.0. The molecule has 0 saturated heterocycles. The Kier molecular flexibility index (Phi) is 4.13. The zero-order valence-electron chi connectivity index (χ0n) is 9.47. The molecule has 0 atom stereocenters. The van der Waals surface area contributed by atoms with Crippen molar-refractivity contribution in [1.82, 2.24) is 4.31 Å². The molecule has 1 rings (SSSR count). The van der Waals surface area contributed by atoms with E-state index in [0.717, 1.165) is 4.31 Å². The Morgan fingerprint density at radius 2 is 2.06 bits per heavy atom. The third-order valence-corrected chi connectivity index (χ3v) is 4.40. The molecule has 0 bridgehead atoms. The number of primary amides is 1. The van der Waals surface area contributed by atoms with Crippen LogP contribution in [0.5, 0.6) is 0 Å². The number of amides is 1. The summed E-state index contributed by atoms with van der Waals surface area (Å²) < 4.78 is 25.1. The van der Waals surface area contributed by atoms with E-state index < -0.39 is 15.9 Å². The minimum Gasteiger partial charge on any atom is -0.369 e. The van der Waals surface area contributed by atoms with Crippen molar-refractivity contribution in [1.29, 1.82) is 0 Å². The maximum absolute atomic E-state index is 12.1. The molecule has 2 N–H and O–H groups in total. The van der Waals surface area contributed by atoms with Crippen molar-refractivity contribution >= 4 is 27.5 Å². The summed E-state index contributed by atoms with van der Waals surface area (Å²) in [5.74, 6) is -0.706. The number of sulfonamides is 1. The Balaban J connectivity index is 3.17. The van der Waals surface area contributed by atoms with E-state index in [4.69, 9.17) is 17.3 Å². The summed E-state index contributed by atoms with van der Waals surface area (Å²) in [4.78, 5) is 10.8. The number of benzene rings is 1. The largest absolute Gasteiger partial charge is 0.369 e. The van der Waals surface area contributed by atoms with Gasteiger partial charge in [0.2, 0.25) is 15.9 Å². The zero-order valence-corrected chi connectivity index (χ0v) is 11.0. The highest BCUT2D eigenvalue weighted by Gasteiger charge is 2.23. The third-order valence-electron chi connectivity index (χ3n) is 2.20. The average Bonchev–Trinajstić information content (AvgIpc) is 2.15. The lowest BCUT2D eigenvalue weighted by Gasteiger charge is -2.16. The number of carbonyl (C=O) groups excluding carboxylic acids is 1. The van der Waals surface area contributed by atoms with Crippen molar-refractivity contribution in [2.45, 2.75) is 11.8 Å². The molecule has 0 heterocycles. The molecule has 94 valence electrons. The number of aryl methyl sites for hydroxylation is 1. The summed E-state index contributed by atoms with van der Waals surface area (Å²) >= 11 is 5.75. The quantitative estimate of drug-likeness (QED) is 0.881. The van der Waals surface area contributed by atoms with Crippen molar-refractivity contribution in [2.24, 2.45) is 5.73 Å². The number of halogens is 1. The van der Waals surface area contributed by atoms with E-state index in [9.17, 15) is 13.2 Å². The highest BCUT2D eigenvalue weighted by molar-refractivity contribution is 7.89. The molecule has 0 aliphatic rings. The van der Waals surface area contributed by atoms with Crippen molar-refractivity contribution < 1.29 is 13.2 Å². The van der Waals surface area contributed by atoms with Gasteiger partial charge in [0.25, 0.3) is 0 Å². The second-order valence-corrected chi connectivity index (χ2v) is 6.09. The second-order valence-electron chi connectivity index (χ2n) is 3.64. The van der Waals surface area contributed by atoms with E-state index in [1.165, 1.54) is 19.2 Å². The van der Waals surface area contributed by atoms with Crippen LogP contribution in [-0.2, 0) is 14.8 Å². The molecule has 17 heavy (non-hydrogen) atoms. The van der Waals surface area contributed by atoms with Crippen molar-refractivity contribution in [3.05, 3.63) is 28.8 Å². The van der Waals surface area contributed by atoms with E-state index in [1.54, 1.807) is 13.0 Å². The number of nitrogens with zero attached hydrogens (tertiary/aromatic N) is 1. The Morgan fingerprint density at radius 3 is 2.53 bits per heavy atom. The Bertz CT molecular complexity index is 542. The highest BCUT2D eigenvalue weighted by Crippen LogP contribution is 2.21.